The molecule has 84 valence electrons. The number of nitrogens with two attached hydrogens (primary N) is 1. The zero-order valence-electron chi connectivity index (χ0n) is 7.93. The van der Waals surface area contributed by atoms with Crippen molar-refractivity contribution in [2.24, 2.45) is 5.73 Å². The average molecular weight is 213 g/mol. The van der Waals surface area contributed by atoms with Crippen molar-refractivity contribution in [3.63, 3.8) is 0 Å². The summed E-state index contributed by atoms with van der Waals surface area (Å²) in [4.78, 5) is 0. The van der Waals surface area contributed by atoms with E-state index < -0.39 is 24.5 Å². The zero-order chi connectivity index (χ0) is 10.8. The minimum Gasteiger partial charge on any atom is -0.375 e. The Morgan fingerprint density at radius 1 is 1.50 bits per heavy atom. The molecule has 2 N–H and O–H groups in total. The van der Waals surface area contributed by atoms with Crippen LogP contribution < -0.4 is 5.73 Å². The van der Waals surface area contributed by atoms with Crippen molar-refractivity contribution in [2.45, 2.75) is 31.2 Å². The van der Waals surface area contributed by atoms with Crippen LogP contribution in [0.5, 0.6) is 0 Å². The van der Waals surface area contributed by atoms with E-state index >= 15 is 0 Å². The number of ether oxygens (including phenoxy) is 2. The van der Waals surface area contributed by atoms with Crippen LogP contribution in [0, 0.1) is 0 Å². The van der Waals surface area contributed by atoms with Crippen molar-refractivity contribution in [1.82, 2.24) is 0 Å². The molecule has 1 rings (SSSR count). The van der Waals surface area contributed by atoms with Crippen LogP contribution >= 0.6 is 0 Å². The van der Waals surface area contributed by atoms with Gasteiger partial charge in [0.1, 0.15) is 0 Å². The first-order chi connectivity index (χ1) is 6.45. The number of alkyl halides is 3. The predicted molar refractivity (Wildman–Crippen MR) is 43.8 cm³/mol. The summed E-state index contributed by atoms with van der Waals surface area (Å²) in [6, 6.07) is 0. The Labute approximate surface area is 80.4 Å². The molecule has 0 aliphatic carbocycles. The molecular weight excluding hydrogens is 199 g/mol. The predicted octanol–water partition coefficient (Wildman–Crippen LogP) is 1.07. The Morgan fingerprint density at radius 2 is 2.14 bits per heavy atom. The van der Waals surface area contributed by atoms with Gasteiger partial charge in [-0.2, -0.15) is 13.2 Å². The van der Waals surface area contributed by atoms with Gasteiger partial charge in [0, 0.05) is 6.54 Å². The van der Waals surface area contributed by atoms with E-state index in [9.17, 15) is 13.2 Å². The van der Waals surface area contributed by atoms with Crippen LogP contribution in [0.2, 0.25) is 0 Å². The second-order valence-electron chi connectivity index (χ2n) is 3.34. The fraction of sp³-hybridized carbons (Fsp3) is 1.00. The molecule has 3 nitrogen and oxygen atoms in total. The number of hydrogen-bond donors (Lipinski definition) is 1. The first-order valence-electron chi connectivity index (χ1n) is 4.47. The van der Waals surface area contributed by atoms with Crippen molar-refractivity contribution in [3.05, 3.63) is 0 Å². The summed E-state index contributed by atoms with van der Waals surface area (Å²) < 4.78 is 47.8. The van der Waals surface area contributed by atoms with Gasteiger partial charge in [0.25, 0.3) is 0 Å². The van der Waals surface area contributed by atoms with Crippen molar-refractivity contribution >= 4 is 0 Å². The molecule has 1 heterocycles. The molecule has 0 amide bonds. The lowest BCUT2D eigenvalue weighted by atomic mass is 9.99. The van der Waals surface area contributed by atoms with Crippen LogP contribution in [0.3, 0.4) is 0 Å². The minimum absolute atomic E-state index is 0.0395. The maximum Gasteiger partial charge on any atom is 0.419 e. The van der Waals surface area contributed by atoms with Crippen LogP contribution in [-0.2, 0) is 9.47 Å². The summed E-state index contributed by atoms with van der Waals surface area (Å²) in [5.74, 6) is 0. The molecule has 0 bridgehead atoms. The summed E-state index contributed by atoms with van der Waals surface area (Å²) in [6.45, 7) is 1.16. The molecule has 0 spiro atoms. The fourth-order valence-electron chi connectivity index (χ4n) is 1.39. The number of hydrogen-bond acceptors (Lipinski definition) is 3. The largest absolute Gasteiger partial charge is 0.419 e. The molecule has 14 heavy (non-hydrogen) atoms. The summed E-state index contributed by atoms with van der Waals surface area (Å²) in [5, 5.41) is 0. The third-order valence-electron chi connectivity index (χ3n) is 2.38. The van der Waals surface area contributed by atoms with Crippen LogP contribution in [0.4, 0.5) is 13.2 Å². The van der Waals surface area contributed by atoms with Crippen LogP contribution in [0.25, 0.3) is 0 Å². The monoisotopic (exact) mass is 213 g/mol. The second-order valence-corrected chi connectivity index (χ2v) is 3.34. The highest BCUT2D eigenvalue weighted by atomic mass is 19.4. The average Bonchev–Trinajstić information content (AvgIpc) is 2.16. The summed E-state index contributed by atoms with van der Waals surface area (Å²) in [5.41, 5.74) is 3.08. The molecule has 0 aromatic heterocycles. The Kier molecular flexibility index (Phi) is 3.39. The first-order valence-corrected chi connectivity index (χ1v) is 4.47. The molecule has 0 radical (unpaired) electrons. The highest BCUT2D eigenvalue weighted by Gasteiger charge is 2.57. The second kappa shape index (κ2) is 4.04. The van der Waals surface area contributed by atoms with Gasteiger partial charge in [-0.15, -0.1) is 0 Å². The zero-order valence-corrected chi connectivity index (χ0v) is 7.93. The Hall–Kier alpha value is -0.330. The SMILES string of the molecule is CCC1(C(F)(F)F)COCC(CN)O1. The lowest BCUT2D eigenvalue weighted by Gasteiger charge is -2.41. The molecule has 6 heteroatoms. The molecular formula is C8H14F3NO2. The van der Waals surface area contributed by atoms with Gasteiger partial charge in [-0.05, 0) is 6.42 Å². The van der Waals surface area contributed by atoms with E-state index in [1.807, 2.05) is 0 Å². The van der Waals surface area contributed by atoms with E-state index in [0.29, 0.717) is 0 Å². The van der Waals surface area contributed by atoms with Gasteiger partial charge in [-0.25, -0.2) is 0 Å². The fourth-order valence-corrected chi connectivity index (χ4v) is 1.39. The highest BCUT2D eigenvalue weighted by Crippen LogP contribution is 2.39. The summed E-state index contributed by atoms with van der Waals surface area (Å²) >= 11 is 0. The molecule has 2 atom stereocenters. The van der Waals surface area contributed by atoms with E-state index in [2.05, 4.69) is 0 Å². The molecule has 1 aliphatic rings. The van der Waals surface area contributed by atoms with Crippen molar-refractivity contribution in [1.29, 1.82) is 0 Å². The molecule has 0 aromatic rings. The minimum atomic E-state index is -4.41. The van der Waals surface area contributed by atoms with Gasteiger partial charge in [0.2, 0.25) is 0 Å². The molecule has 2 unspecified atom stereocenters. The number of halogens is 3. The topological polar surface area (TPSA) is 44.5 Å². The van der Waals surface area contributed by atoms with Gasteiger partial charge < -0.3 is 15.2 Å². The van der Waals surface area contributed by atoms with Crippen molar-refractivity contribution < 1.29 is 22.6 Å². The van der Waals surface area contributed by atoms with E-state index in [4.69, 9.17) is 15.2 Å². The highest BCUT2D eigenvalue weighted by molar-refractivity contribution is 4.91. The van der Waals surface area contributed by atoms with Gasteiger partial charge >= 0.3 is 6.18 Å². The van der Waals surface area contributed by atoms with Gasteiger partial charge in [0.05, 0.1) is 19.3 Å². The van der Waals surface area contributed by atoms with E-state index in [-0.39, 0.29) is 19.6 Å². The van der Waals surface area contributed by atoms with Crippen LogP contribution in [0.15, 0.2) is 0 Å². The third kappa shape index (κ3) is 2.02. The summed E-state index contributed by atoms with van der Waals surface area (Å²) in [7, 11) is 0. The first kappa shape index (κ1) is 11.7. The van der Waals surface area contributed by atoms with Gasteiger partial charge in [0.15, 0.2) is 5.60 Å². The van der Waals surface area contributed by atoms with Gasteiger partial charge in [-0.1, -0.05) is 6.92 Å². The van der Waals surface area contributed by atoms with Crippen molar-refractivity contribution in [3.8, 4) is 0 Å². The Balaban J connectivity index is 2.78. The Morgan fingerprint density at radius 3 is 2.57 bits per heavy atom. The van der Waals surface area contributed by atoms with E-state index in [1.165, 1.54) is 6.92 Å². The lowest BCUT2D eigenvalue weighted by molar-refractivity contribution is -0.329. The third-order valence-corrected chi connectivity index (χ3v) is 2.38. The number of rotatable bonds is 2. The smallest absolute Gasteiger partial charge is 0.375 e. The summed E-state index contributed by atoms with van der Waals surface area (Å²) in [6.07, 6.45) is -5.23. The molecule has 1 aliphatic heterocycles. The van der Waals surface area contributed by atoms with Crippen molar-refractivity contribution in [2.75, 3.05) is 19.8 Å². The Bertz CT molecular complexity index is 198. The van der Waals surface area contributed by atoms with Gasteiger partial charge in [-0.3, -0.25) is 0 Å². The quantitative estimate of drug-likeness (QED) is 0.746. The maximum atomic E-state index is 12.7. The normalized spacial score (nSPS) is 34.5. The molecule has 0 aromatic carbocycles. The van der Waals surface area contributed by atoms with E-state index in [1.54, 1.807) is 0 Å². The molecule has 1 fully saturated rings. The standard InChI is InChI=1S/C8H14F3NO2/c1-2-7(8(9,10)11)5-13-4-6(3-12)14-7/h6H,2-5,12H2,1H3. The van der Waals surface area contributed by atoms with Crippen LogP contribution in [-0.4, -0.2) is 37.6 Å². The lowest BCUT2D eigenvalue weighted by Crippen LogP contribution is -2.58. The molecule has 1 saturated heterocycles. The molecule has 0 saturated carbocycles. The maximum absolute atomic E-state index is 12.7. The van der Waals surface area contributed by atoms with E-state index in [0.717, 1.165) is 0 Å². The van der Waals surface area contributed by atoms with Crippen LogP contribution in [0.1, 0.15) is 13.3 Å².